The lowest BCUT2D eigenvalue weighted by molar-refractivity contribution is 0.0995. The van der Waals surface area contributed by atoms with Crippen LogP contribution in [0.5, 0.6) is 0 Å². The SMILES string of the molecule is CCS(=O)(=O)c1ccccc1C(=O)N=c1sc2ccc(Cl)c(C)c2n1C. The lowest BCUT2D eigenvalue weighted by atomic mass is 10.2. The Balaban J connectivity index is 2.19. The van der Waals surface area contributed by atoms with Gasteiger partial charge < -0.3 is 4.57 Å². The van der Waals surface area contributed by atoms with Crippen molar-refractivity contribution in [2.45, 2.75) is 18.7 Å². The highest BCUT2D eigenvalue weighted by atomic mass is 35.5. The fourth-order valence-electron chi connectivity index (χ4n) is 2.73. The Morgan fingerprint density at radius 2 is 1.92 bits per heavy atom. The number of sulfone groups is 1. The van der Waals surface area contributed by atoms with Crippen molar-refractivity contribution >= 4 is 48.9 Å². The number of hydrogen-bond donors (Lipinski definition) is 0. The Kier molecular flexibility index (Phi) is 5.05. The smallest absolute Gasteiger partial charge is 0.280 e. The number of fused-ring (bicyclic) bond motifs is 1. The summed E-state index contributed by atoms with van der Waals surface area (Å²) in [5.41, 5.74) is 1.90. The van der Waals surface area contributed by atoms with E-state index in [1.807, 2.05) is 26.1 Å². The zero-order valence-corrected chi connectivity index (χ0v) is 16.9. The van der Waals surface area contributed by atoms with Gasteiger partial charge in [0, 0.05) is 12.1 Å². The summed E-state index contributed by atoms with van der Waals surface area (Å²) in [5, 5.41) is 0.642. The van der Waals surface area contributed by atoms with Crippen LogP contribution in [0.15, 0.2) is 46.3 Å². The van der Waals surface area contributed by atoms with E-state index in [2.05, 4.69) is 4.99 Å². The molecule has 0 saturated carbocycles. The van der Waals surface area contributed by atoms with E-state index < -0.39 is 15.7 Å². The largest absolute Gasteiger partial charge is 0.319 e. The predicted molar refractivity (Wildman–Crippen MR) is 105 cm³/mol. The number of hydrogen-bond acceptors (Lipinski definition) is 4. The highest BCUT2D eigenvalue weighted by Crippen LogP contribution is 2.26. The second kappa shape index (κ2) is 6.98. The van der Waals surface area contributed by atoms with E-state index in [0.717, 1.165) is 15.8 Å². The summed E-state index contributed by atoms with van der Waals surface area (Å²) < 4.78 is 27.3. The van der Waals surface area contributed by atoms with Crippen LogP contribution in [-0.2, 0) is 16.9 Å². The maximum Gasteiger partial charge on any atom is 0.280 e. The van der Waals surface area contributed by atoms with Gasteiger partial charge in [0.2, 0.25) is 0 Å². The second-order valence-corrected chi connectivity index (χ2v) is 9.44. The van der Waals surface area contributed by atoms with Crippen LogP contribution in [0.4, 0.5) is 0 Å². The molecule has 0 unspecified atom stereocenters. The molecule has 1 heterocycles. The van der Waals surface area contributed by atoms with Crippen LogP contribution < -0.4 is 4.80 Å². The highest BCUT2D eigenvalue weighted by molar-refractivity contribution is 7.91. The van der Waals surface area contributed by atoms with E-state index in [1.165, 1.54) is 23.5 Å². The summed E-state index contributed by atoms with van der Waals surface area (Å²) in [6.07, 6.45) is 0. The third-order valence-corrected chi connectivity index (χ3v) is 7.47. The number of thiazole rings is 1. The van der Waals surface area contributed by atoms with Gasteiger partial charge in [-0.3, -0.25) is 4.79 Å². The van der Waals surface area contributed by atoms with Crippen LogP contribution in [0, 0.1) is 6.92 Å². The van der Waals surface area contributed by atoms with Gasteiger partial charge in [-0.1, -0.05) is 42.0 Å². The van der Waals surface area contributed by atoms with E-state index >= 15 is 0 Å². The molecule has 26 heavy (non-hydrogen) atoms. The molecule has 0 fully saturated rings. The average molecular weight is 409 g/mol. The molecule has 0 bridgehead atoms. The molecule has 0 aliphatic heterocycles. The molecule has 136 valence electrons. The van der Waals surface area contributed by atoms with Crippen molar-refractivity contribution in [2.24, 2.45) is 12.0 Å². The molecule has 0 N–H and O–H groups in total. The van der Waals surface area contributed by atoms with Crippen LogP contribution in [0.3, 0.4) is 0 Å². The maximum atomic E-state index is 12.7. The monoisotopic (exact) mass is 408 g/mol. The first-order chi connectivity index (χ1) is 12.3. The number of carbonyl (C=O) groups is 1. The molecule has 5 nitrogen and oxygen atoms in total. The normalized spacial score (nSPS) is 12.7. The molecular formula is C18H17ClN2O3S2. The summed E-state index contributed by atoms with van der Waals surface area (Å²) >= 11 is 7.54. The quantitative estimate of drug-likeness (QED) is 0.663. The van der Waals surface area contributed by atoms with Crippen LogP contribution in [0.2, 0.25) is 5.02 Å². The van der Waals surface area contributed by atoms with E-state index in [1.54, 1.807) is 23.6 Å². The summed E-state index contributed by atoms with van der Waals surface area (Å²) in [6, 6.07) is 9.86. The Labute approximate surface area is 160 Å². The van der Waals surface area contributed by atoms with Gasteiger partial charge in [0.05, 0.1) is 26.4 Å². The summed E-state index contributed by atoms with van der Waals surface area (Å²) in [6.45, 7) is 3.46. The van der Waals surface area contributed by atoms with Crippen LogP contribution in [-0.4, -0.2) is 24.6 Å². The van der Waals surface area contributed by atoms with Gasteiger partial charge >= 0.3 is 0 Å². The second-order valence-electron chi connectivity index (χ2n) is 5.78. The number of rotatable bonds is 3. The Bertz CT molecular complexity index is 1190. The van der Waals surface area contributed by atoms with Crippen molar-refractivity contribution in [3.63, 3.8) is 0 Å². The number of aryl methyl sites for hydroxylation is 2. The Hall–Kier alpha value is -1.96. The van der Waals surface area contributed by atoms with Crippen molar-refractivity contribution in [3.05, 3.63) is 57.3 Å². The number of aromatic nitrogens is 1. The number of benzene rings is 2. The summed E-state index contributed by atoms with van der Waals surface area (Å²) in [7, 11) is -1.71. The zero-order valence-electron chi connectivity index (χ0n) is 14.5. The van der Waals surface area contributed by atoms with Crippen LogP contribution in [0.25, 0.3) is 10.2 Å². The van der Waals surface area contributed by atoms with Crippen LogP contribution in [0.1, 0.15) is 22.8 Å². The van der Waals surface area contributed by atoms with Crippen LogP contribution >= 0.6 is 22.9 Å². The third kappa shape index (κ3) is 3.22. The standard InChI is InChI=1S/C18H17ClN2O3S2/c1-4-26(23,24)15-8-6-5-7-12(15)17(22)20-18-21(3)16-11(2)13(19)9-10-14(16)25-18/h5-10H,4H2,1-3H3. The first-order valence-electron chi connectivity index (χ1n) is 7.91. The van der Waals surface area contributed by atoms with Gasteiger partial charge in [-0.15, -0.1) is 0 Å². The number of carbonyl (C=O) groups excluding carboxylic acids is 1. The molecule has 0 radical (unpaired) electrons. The molecule has 0 atom stereocenters. The van der Waals surface area contributed by atoms with Crippen molar-refractivity contribution in [1.29, 1.82) is 0 Å². The number of amides is 1. The third-order valence-electron chi connectivity index (χ3n) is 4.18. The molecular weight excluding hydrogens is 392 g/mol. The van der Waals surface area contributed by atoms with Gasteiger partial charge in [0.1, 0.15) is 0 Å². The fourth-order valence-corrected chi connectivity index (χ4v) is 5.04. The molecule has 0 spiro atoms. The molecule has 1 amide bonds. The van der Waals surface area contributed by atoms with Gasteiger partial charge in [0.25, 0.3) is 5.91 Å². The first-order valence-corrected chi connectivity index (χ1v) is 10.8. The van der Waals surface area contributed by atoms with Crippen molar-refractivity contribution in [2.75, 3.05) is 5.75 Å². The van der Waals surface area contributed by atoms with Gasteiger partial charge in [-0.2, -0.15) is 4.99 Å². The number of nitrogens with zero attached hydrogens (tertiary/aromatic N) is 2. The predicted octanol–water partition coefficient (Wildman–Crippen LogP) is 3.74. The van der Waals surface area contributed by atoms with Crippen molar-refractivity contribution in [1.82, 2.24) is 4.57 Å². The van der Waals surface area contributed by atoms with Gasteiger partial charge in [-0.25, -0.2) is 8.42 Å². The van der Waals surface area contributed by atoms with E-state index in [0.29, 0.717) is 9.82 Å². The lowest BCUT2D eigenvalue weighted by Gasteiger charge is -2.05. The zero-order chi connectivity index (χ0) is 19.1. The minimum absolute atomic E-state index is 0.0132. The molecule has 2 aromatic carbocycles. The van der Waals surface area contributed by atoms with E-state index in [-0.39, 0.29) is 16.2 Å². The molecule has 0 aliphatic rings. The summed E-state index contributed by atoms with van der Waals surface area (Å²) in [5.74, 6) is -0.658. The van der Waals surface area contributed by atoms with Gasteiger partial charge in [-0.05, 0) is 36.8 Å². The molecule has 0 aliphatic carbocycles. The Morgan fingerprint density at radius 1 is 1.23 bits per heavy atom. The fraction of sp³-hybridized carbons (Fsp3) is 0.222. The van der Waals surface area contributed by atoms with Gasteiger partial charge in [0.15, 0.2) is 14.6 Å². The molecule has 0 saturated heterocycles. The van der Waals surface area contributed by atoms with E-state index in [9.17, 15) is 13.2 Å². The van der Waals surface area contributed by atoms with E-state index in [4.69, 9.17) is 11.6 Å². The molecule has 3 rings (SSSR count). The minimum Gasteiger partial charge on any atom is -0.319 e. The minimum atomic E-state index is -3.51. The molecule has 3 aromatic rings. The average Bonchev–Trinajstić information content (AvgIpc) is 2.94. The van der Waals surface area contributed by atoms with Crippen molar-refractivity contribution in [3.8, 4) is 0 Å². The topological polar surface area (TPSA) is 68.5 Å². The maximum absolute atomic E-state index is 12.7. The first kappa shape index (κ1) is 18.8. The Morgan fingerprint density at radius 3 is 2.62 bits per heavy atom. The summed E-state index contributed by atoms with van der Waals surface area (Å²) in [4.78, 5) is 17.4. The molecule has 8 heteroatoms. The number of halogens is 1. The highest BCUT2D eigenvalue weighted by Gasteiger charge is 2.20. The lowest BCUT2D eigenvalue weighted by Crippen LogP contribution is -2.16. The molecule has 1 aromatic heterocycles. The van der Waals surface area contributed by atoms with Crippen molar-refractivity contribution < 1.29 is 13.2 Å².